The Balaban J connectivity index is 0.995. The second-order valence-electron chi connectivity index (χ2n) is 15.1. The van der Waals surface area contributed by atoms with E-state index >= 15 is 0 Å². The van der Waals surface area contributed by atoms with E-state index in [1.165, 1.54) is 85.6 Å². The van der Waals surface area contributed by atoms with Crippen molar-refractivity contribution in [3.8, 4) is 53.2 Å². The van der Waals surface area contributed by atoms with Gasteiger partial charge < -0.3 is 15.1 Å². The number of aliphatic carboxylic acids is 2. The first-order valence-corrected chi connectivity index (χ1v) is 25.6. The van der Waals surface area contributed by atoms with Gasteiger partial charge in [0.1, 0.15) is 23.3 Å². The number of nitriles is 2. The summed E-state index contributed by atoms with van der Waals surface area (Å²) < 4.78 is 4.15. The summed E-state index contributed by atoms with van der Waals surface area (Å²) in [5, 5.41) is 37.0. The van der Waals surface area contributed by atoms with E-state index < -0.39 is 11.9 Å². The summed E-state index contributed by atoms with van der Waals surface area (Å²) in [4.78, 5) is 34.0. The second kappa shape index (κ2) is 19.4. The van der Waals surface area contributed by atoms with E-state index in [-0.39, 0.29) is 11.1 Å². The Labute approximate surface area is 399 Å². The van der Waals surface area contributed by atoms with Gasteiger partial charge in [-0.3, -0.25) is 0 Å². The van der Waals surface area contributed by atoms with Crippen LogP contribution in [0.5, 0.6) is 0 Å². The maximum absolute atomic E-state index is 11.4. The second-order valence-corrected chi connectivity index (χ2v) is 21.8. The van der Waals surface area contributed by atoms with Gasteiger partial charge in [-0.1, -0.05) is 62.6 Å². The molecule has 2 N–H and O–H groups in total. The van der Waals surface area contributed by atoms with Crippen molar-refractivity contribution in [3.05, 3.63) is 147 Å². The van der Waals surface area contributed by atoms with Gasteiger partial charge in [-0.2, -0.15) is 10.5 Å². The molecule has 0 aliphatic carbocycles. The van der Waals surface area contributed by atoms with Crippen molar-refractivity contribution in [1.82, 2.24) is 0 Å². The van der Waals surface area contributed by atoms with Crippen LogP contribution in [-0.2, 0) is 16.0 Å². The Morgan fingerprint density at radius 3 is 1.38 bits per heavy atom. The van der Waals surface area contributed by atoms with E-state index in [0.29, 0.717) is 0 Å². The average Bonchev–Trinajstić information content (AvgIpc) is 4.18. The zero-order valence-corrected chi connectivity index (χ0v) is 39.6. The molecule has 0 aliphatic heterocycles. The molecule has 3 aromatic carbocycles. The van der Waals surface area contributed by atoms with Gasteiger partial charge in [0.25, 0.3) is 0 Å². The molecule has 0 spiro atoms. The maximum Gasteiger partial charge on any atom is 0.346 e. The molecule has 13 heteroatoms. The number of fused-ring (bicyclic) bond motifs is 2. The number of thiophene rings is 6. The summed E-state index contributed by atoms with van der Waals surface area (Å²) in [6, 6.07) is 46.5. The quantitative estimate of drug-likeness (QED) is 0.0561. The van der Waals surface area contributed by atoms with Gasteiger partial charge in [0.05, 0.1) is 0 Å². The molecular weight excluding hydrogens is 923 g/mol. The lowest BCUT2D eigenvalue weighted by atomic mass is 10.1. The van der Waals surface area contributed by atoms with E-state index in [4.69, 9.17) is 0 Å². The average molecular weight is 960 g/mol. The first-order valence-electron chi connectivity index (χ1n) is 20.7. The number of carboxylic acid groups (broad SMARTS) is 2. The van der Waals surface area contributed by atoms with Crippen molar-refractivity contribution in [1.29, 1.82) is 10.5 Å². The van der Waals surface area contributed by atoms with Crippen molar-refractivity contribution in [2.75, 3.05) is 4.90 Å². The third-order valence-electron chi connectivity index (χ3n) is 10.7. The van der Waals surface area contributed by atoms with Crippen LogP contribution in [0.2, 0.25) is 0 Å². The topological polar surface area (TPSA) is 125 Å². The number of aryl methyl sites for hydroxylation is 1. The van der Waals surface area contributed by atoms with Gasteiger partial charge in [-0.05, 0) is 127 Å². The molecule has 6 heterocycles. The molecule has 9 aromatic rings. The predicted molar refractivity (Wildman–Crippen MR) is 275 cm³/mol. The molecule has 0 saturated carbocycles. The van der Waals surface area contributed by atoms with Gasteiger partial charge in [-0.25, -0.2) is 9.59 Å². The van der Waals surface area contributed by atoms with Gasteiger partial charge in [0.2, 0.25) is 0 Å². The molecule has 0 saturated heterocycles. The summed E-state index contributed by atoms with van der Waals surface area (Å²) >= 11 is 9.94. The Hall–Kier alpha value is -6.42. The van der Waals surface area contributed by atoms with E-state index in [1.807, 2.05) is 34.8 Å². The van der Waals surface area contributed by atoms with Crippen molar-refractivity contribution >= 4 is 128 Å². The zero-order chi connectivity index (χ0) is 45.0. The third kappa shape index (κ3) is 9.68. The Kier molecular flexibility index (Phi) is 13.0. The van der Waals surface area contributed by atoms with Crippen LogP contribution in [0.25, 0.3) is 72.0 Å². The number of benzene rings is 3. The standard InChI is InChI=1S/C52H37N3O4S6/c1-2-3-4-5-6-39-19-20-43(60-39)44-22-21-42(63-44)31-7-13-36(14-8-31)55(37-15-9-32(10-16-37)45-27-49-47(64-45)25-40(61-49)23-34(29-53)51(56)57)38-17-11-33(12-18-38)46-28-50-48(65-46)26-41(62-50)24-35(30-54)52(58)59/h7-28H,2-6H2,1H3,(H,56,57)(H,58,59). The number of rotatable bonds is 16. The Morgan fingerprint density at radius 1 is 0.508 bits per heavy atom. The molecule has 0 radical (unpaired) electrons. The highest BCUT2D eigenvalue weighted by molar-refractivity contribution is 7.30. The van der Waals surface area contributed by atoms with E-state index in [2.05, 4.69) is 121 Å². The fraction of sp³-hybridized carbons (Fsp3) is 0.115. The van der Waals surface area contributed by atoms with Crippen molar-refractivity contribution in [2.24, 2.45) is 0 Å². The summed E-state index contributed by atoms with van der Waals surface area (Å²) in [5.74, 6) is -2.47. The maximum atomic E-state index is 11.4. The fourth-order valence-corrected chi connectivity index (χ4v) is 14.3. The summed E-state index contributed by atoms with van der Waals surface area (Å²) in [5.41, 5.74) is 5.74. The summed E-state index contributed by atoms with van der Waals surface area (Å²) in [6.45, 7) is 2.25. The lowest BCUT2D eigenvalue weighted by Gasteiger charge is -2.26. The largest absolute Gasteiger partial charge is 0.477 e. The SMILES string of the molecule is CCCCCCc1ccc(-c2ccc(-c3ccc(N(c4ccc(-c5cc6sc(C=C(C#N)C(=O)O)cc6s5)cc4)c4ccc(-c5cc6sc(C=C(C#N)C(=O)O)cc6s5)cc4)cc3)s2)s1. The Morgan fingerprint density at radius 2 is 0.938 bits per heavy atom. The van der Waals surface area contributed by atoms with Gasteiger partial charge in [0, 0.05) is 74.9 Å². The van der Waals surface area contributed by atoms with Crippen LogP contribution in [0, 0.1) is 22.7 Å². The molecular formula is C52H37N3O4S6. The number of unbranched alkanes of at least 4 members (excludes halogenated alkanes) is 3. The summed E-state index contributed by atoms with van der Waals surface area (Å²) in [6.07, 6.45) is 9.07. The molecule has 0 unspecified atom stereocenters. The van der Waals surface area contributed by atoms with Gasteiger partial charge in [-0.15, -0.1) is 68.0 Å². The lowest BCUT2D eigenvalue weighted by Crippen LogP contribution is -2.09. The van der Waals surface area contributed by atoms with Crippen molar-refractivity contribution in [2.45, 2.75) is 39.0 Å². The molecule has 0 bridgehead atoms. The minimum absolute atomic E-state index is 0.286. The van der Waals surface area contributed by atoms with Crippen LogP contribution in [0.1, 0.15) is 47.2 Å². The highest BCUT2D eigenvalue weighted by atomic mass is 32.1. The molecule has 9 rings (SSSR count). The molecule has 320 valence electrons. The van der Waals surface area contributed by atoms with E-state index in [9.17, 15) is 30.3 Å². The predicted octanol–water partition coefficient (Wildman–Crippen LogP) is 16.6. The number of carboxylic acids is 2. The molecule has 0 aliphatic rings. The normalized spacial score (nSPS) is 11.9. The molecule has 7 nitrogen and oxygen atoms in total. The number of carbonyl (C=O) groups is 2. The van der Waals surface area contributed by atoms with E-state index in [0.717, 1.165) is 72.9 Å². The third-order valence-corrected chi connectivity index (χ3v) is 17.8. The monoisotopic (exact) mass is 959 g/mol. The minimum atomic E-state index is -1.23. The van der Waals surface area contributed by atoms with Crippen LogP contribution >= 0.6 is 68.0 Å². The van der Waals surface area contributed by atoms with Gasteiger partial charge in [0.15, 0.2) is 0 Å². The highest BCUT2D eigenvalue weighted by Gasteiger charge is 2.18. The number of nitrogens with zero attached hydrogens (tertiary/aromatic N) is 3. The first-order chi connectivity index (χ1) is 31.7. The smallest absolute Gasteiger partial charge is 0.346 e. The van der Waals surface area contributed by atoms with Crippen LogP contribution in [0.4, 0.5) is 17.1 Å². The number of anilines is 3. The number of hydrogen-bond acceptors (Lipinski definition) is 11. The highest BCUT2D eigenvalue weighted by Crippen LogP contribution is 2.44. The van der Waals surface area contributed by atoms with Crippen LogP contribution in [0.3, 0.4) is 0 Å². The van der Waals surface area contributed by atoms with Crippen LogP contribution in [0.15, 0.2) is 132 Å². The summed E-state index contributed by atoms with van der Waals surface area (Å²) in [7, 11) is 0. The lowest BCUT2D eigenvalue weighted by molar-refractivity contribution is -0.133. The van der Waals surface area contributed by atoms with Gasteiger partial charge >= 0.3 is 11.9 Å². The zero-order valence-electron chi connectivity index (χ0n) is 34.7. The van der Waals surface area contributed by atoms with Crippen LogP contribution in [-0.4, -0.2) is 22.2 Å². The van der Waals surface area contributed by atoms with Crippen LogP contribution < -0.4 is 4.90 Å². The molecule has 6 aromatic heterocycles. The molecule has 65 heavy (non-hydrogen) atoms. The van der Waals surface area contributed by atoms with Crippen molar-refractivity contribution < 1.29 is 19.8 Å². The molecule has 0 fully saturated rings. The number of hydrogen-bond donors (Lipinski definition) is 2. The van der Waals surface area contributed by atoms with Crippen molar-refractivity contribution in [3.63, 3.8) is 0 Å². The molecule has 0 amide bonds. The minimum Gasteiger partial charge on any atom is -0.477 e. The fourth-order valence-electron chi connectivity index (χ4n) is 7.47. The first kappa shape index (κ1) is 43.8. The molecule has 0 atom stereocenters. The van der Waals surface area contributed by atoms with E-state index in [1.54, 1.807) is 34.8 Å². The Bertz CT molecular complexity index is 3120.